The van der Waals surface area contributed by atoms with Crippen molar-refractivity contribution in [3.63, 3.8) is 0 Å². The van der Waals surface area contributed by atoms with E-state index in [4.69, 9.17) is 35.8 Å². The van der Waals surface area contributed by atoms with Crippen molar-refractivity contribution in [1.82, 2.24) is 19.5 Å². The number of aliphatic hydroxyl groups is 1. The first-order valence-electron chi connectivity index (χ1n) is 12.1. The highest BCUT2D eigenvalue weighted by molar-refractivity contribution is 8.07. The van der Waals surface area contributed by atoms with E-state index >= 15 is 8.78 Å². The van der Waals surface area contributed by atoms with Crippen molar-refractivity contribution in [2.45, 2.75) is 44.1 Å². The van der Waals surface area contributed by atoms with Crippen molar-refractivity contribution in [2.24, 2.45) is 0 Å². The van der Waals surface area contributed by atoms with E-state index in [0.29, 0.717) is 0 Å². The molecule has 5 rings (SSSR count). The molecule has 4 aromatic rings. The van der Waals surface area contributed by atoms with E-state index in [9.17, 15) is 13.9 Å². The number of aliphatic hydroxyl groups excluding tert-OH is 1. The van der Waals surface area contributed by atoms with Gasteiger partial charge in [0.15, 0.2) is 23.8 Å². The number of rotatable bonds is 9. The summed E-state index contributed by atoms with van der Waals surface area (Å²) in [7, 11) is 0. The summed E-state index contributed by atoms with van der Waals surface area (Å²) in [5.74, 6) is -4.30. The van der Waals surface area contributed by atoms with E-state index in [1.54, 1.807) is 48.5 Å². The summed E-state index contributed by atoms with van der Waals surface area (Å²) in [6, 6.07) is 13.0. The van der Waals surface area contributed by atoms with E-state index in [1.165, 1.54) is 0 Å². The number of nitrogens with two attached hydrogens (primary N) is 1. The molecule has 1 aliphatic heterocycles. The van der Waals surface area contributed by atoms with Gasteiger partial charge in [0.1, 0.15) is 23.3 Å². The van der Waals surface area contributed by atoms with Crippen LogP contribution in [0.1, 0.15) is 17.4 Å². The van der Waals surface area contributed by atoms with Crippen LogP contribution in [0, 0.1) is 13.8 Å². The fourth-order valence-electron chi connectivity index (χ4n) is 4.15. The Labute approximate surface area is 236 Å². The fraction of sp³-hybridized carbons (Fsp3) is 0.320. The topological polar surface area (TPSA) is 127 Å². The van der Waals surface area contributed by atoms with Crippen LogP contribution >= 0.6 is 6.72 Å². The minimum absolute atomic E-state index is 0.00547. The number of aryl methyl sites for hydroxylation is 2. The van der Waals surface area contributed by atoms with Gasteiger partial charge >= 0.3 is 12.6 Å². The van der Waals surface area contributed by atoms with Gasteiger partial charge in [-0.2, -0.15) is 8.78 Å². The SMILES string of the molecule is Cc1ccc(OP(=S)(OC[C@@]2(C(F)F)O[C@@H](n3cnc4c(N)ncnc43)[C@H](O)C2(F)F)Oc2ccc(C)cc2)cc1. The van der Waals surface area contributed by atoms with Crippen molar-refractivity contribution >= 4 is 35.5 Å². The monoisotopic (exact) mass is 613 g/mol. The number of benzene rings is 2. The van der Waals surface area contributed by atoms with Crippen LogP contribution in [0.3, 0.4) is 0 Å². The van der Waals surface area contributed by atoms with E-state index in [1.807, 2.05) is 13.8 Å². The van der Waals surface area contributed by atoms with Gasteiger partial charge < -0.3 is 24.6 Å². The molecule has 41 heavy (non-hydrogen) atoms. The lowest BCUT2D eigenvalue weighted by atomic mass is 9.95. The van der Waals surface area contributed by atoms with Crippen LogP contribution in [-0.4, -0.2) is 55.3 Å². The first kappa shape index (κ1) is 29.1. The van der Waals surface area contributed by atoms with Crippen LogP contribution in [-0.2, 0) is 21.1 Å². The molecule has 0 radical (unpaired) electrons. The minimum Gasteiger partial charge on any atom is -0.416 e. The molecule has 2 aromatic heterocycles. The van der Waals surface area contributed by atoms with Crippen molar-refractivity contribution in [2.75, 3.05) is 12.3 Å². The zero-order chi connectivity index (χ0) is 29.6. The number of aromatic nitrogens is 4. The number of ether oxygens (including phenoxy) is 1. The van der Waals surface area contributed by atoms with Crippen molar-refractivity contribution in [3.05, 3.63) is 72.3 Å². The predicted molar refractivity (Wildman–Crippen MR) is 143 cm³/mol. The largest absolute Gasteiger partial charge is 0.435 e. The van der Waals surface area contributed by atoms with Crippen LogP contribution in [0.25, 0.3) is 11.2 Å². The average Bonchev–Trinajstić information content (AvgIpc) is 3.44. The third kappa shape index (κ3) is 5.35. The molecule has 10 nitrogen and oxygen atoms in total. The second kappa shape index (κ2) is 10.8. The van der Waals surface area contributed by atoms with Gasteiger partial charge in [0.05, 0.1) is 12.9 Å². The third-order valence-corrected chi connectivity index (χ3v) is 8.54. The highest BCUT2D eigenvalue weighted by Crippen LogP contribution is 2.56. The van der Waals surface area contributed by atoms with Gasteiger partial charge in [0, 0.05) is 11.8 Å². The van der Waals surface area contributed by atoms with Crippen LogP contribution in [0.2, 0.25) is 0 Å². The fourth-order valence-corrected chi connectivity index (χ4v) is 6.07. The van der Waals surface area contributed by atoms with Gasteiger partial charge in [-0.3, -0.25) is 9.09 Å². The zero-order valence-electron chi connectivity index (χ0n) is 21.5. The van der Waals surface area contributed by atoms with E-state index in [2.05, 4.69) is 15.0 Å². The lowest BCUT2D eigenvalue weighted by molar-refractivity contribution is -0.241. The van der Waals surface area contributed by atoms with Crippen LogP contribution in [0.15, 0.2) is 61.2 Å². The summed E-state index contributed by atoms with van der Waals surface area (Å²) in [6.45, 7) is -1.92. The molecule has 0 amide bonds. The maximum Gasteiger partial charge on any atom is 0.435 e. The second-order valence-corrected chi connectivity index (χ2v) is 12.2. The summed E-state index contributed by atoms with van der Waals surface area (Å²) in [5, 5.41) is 10.6. The zero-order valence-corrected chi connectivity index (χ0v) is 23.2. The van der Waals surface area contributed by atoms with Crippen molar-refractivity contribution in [3.8, 4) is 11.5 Å². The molecule has 16 heteroatoms. The molecule has 0 bridgehead atoms. The first-order chi connectivity index (χ1) is 19.3. The number of halogens is 4. The highest BCUT2D eigenvalue weighted by Gasteiger charge is 2.74. The third-order valence-electron chi connectivity index (χ3n) is 6.46. The maximum absolute atomic E-state index is 15.6. The van der Waals surface area contributed by atoms with Crippen molar-refractivity contribution in [1.29, 1.82) is 0 Å². The summed E-state index contributed by atoms with van der Waals surface area (Å²) in [6.07, 6.45) is -6.65. The van der Waals surface area contributed by atoms with Crippen molar-refractivity contribution < 1.29 is 41.0 Å². The summed E-state index contributed by atoms with van der Waals surface area (Å²) >= 11 is 5.48. The second-order valence-electron chi connectivity index (χ2n) is 9.38. The Morgan fingerprint density at radius 2 is 1.59 bits per heavy atom. The number of nitrogens with zero attached hydrogens (tertiary/aromatic N) is 4. The smallest absolute Gasteiger partial charge is 0.416 e. The molecule has 3 atom stereocenters. The molecule has 1 fully saturated rings. The Hall–Kier alpha value is -3.36. The normalized spacial score (nSPS) is 22.3. The molecular formula is C25H24F4N5O5PS. The summed E-state index contributed by atoms with van der Waals surface area (Å²) in [5.41, 5.74) is 3.75. The molecule has 1 aliphatic rings. The van der Waals surface area contributed by atoms with Gasteiger partial charge in [-0.15, -0.1) is 0 Å². The molecule has 1 saturated heterocycles. The molecule has 0 unspecified atom stereocenters. The molecular weight excluding hydrogens is 589 g/mol. The van der Waals surface area contributed by atoms with E-state index in [0.717, 1.165) is 28.3 Å². The van der Waals surface area contributed by atoms with Crippen LogP contribution in [0.5, 0.6) is 11.5 Å². The standard InChI is InChI=1S/C25H24F4N5O5PS/c1-14-3-7-16(8-4-14)38-40(41,39-17-9-5-15(2)6-10-17)36-11-24(23(26)27)25(28,29)19(35)22(37-24)34-13-33-18-20(30)31-12-32-21(18)34/h3-10,12-13,19,22-23,35H,11H2,1-2H3,(H2,30,31,32)/t19-,22+,24-/m0/s1. The Kier molecular flexibility index (Phi) is 7.68. The van der Waals surface area contributed by atoms with Gasteiger partial charge in [-0.05, 0) is 38.1 Å². The highest BCUT2D eigenvalue weighted by atomic mass is 32.5. The number of nitrogen functional groups attached to an aromatic ring is 1. The van der Waals surface area contributed by atoms with Gasteiger partial charge in [-0.25, -0.2) is 23.7 Å². The molecule has 0 spiro atoms. The Morgan fingerprint density at radius 3 is 2.12 bits per heavy atom. The number of fused-ring (bicyclic) bond motifs is 1. The maximum atomic E-state index is 15.6. The number of anilines is 1. The van der Waals surface area contributed by atoms with Gasteiger partial charge in [0.25, 0.3) is 6.43 Å². The molecule has 2 aromatic carbocycles. The number of hydrogen-bond donors (Lipinski definition) is 2. The lowest BCUT2D eigenvalue weighted by Gasteiger charge is -2.34. The van der Waals surface area contributed by atoms with E-state index in [-0.39, 0.29) is 28.5 Å². The predicted octanol–water partition coefficient (Wildman–Crippen LogP) is 4.95. The number of imidazole rings is 1. The quantitative estimate of drug-likeness (QED) is 0.198. The lowest BCUT2D eigenvalue weighted by Crippen LogP contribution is -2.57. The van der Waals surface area contributed by atoms with Crippen LogP contribution < -0.4 is 14.8 Å². The average molecular weight is 614 g/mol. The Bertz CT molecular complexity index is 1540. The first-order valence-corrected chi connectivity index (χ1v) is 14.6. The molecule has 0 saturated carbocycles. The van der Waals surface area contributed by atoms with E-state index < -0.39 is 43.6 Å². The van der Waals surface area contributed by atoms with Gasteiger partial charge in [0.2, 0.25) is 5.60 Å². The molecule has 3 N–H and O–H groups in total. The molecule has 218 valence electrons. The van der Waals surface area contributed by atoms with Crippen LogP contribution in [0.4, 0.5) is 23.4 Å². The summed E-state index contributed by atoms with van der Waals surface area (Å²) < 4.78 is 83.6. The Morgan fingerprint density at radius 1 is 1.02 bits per heavy atom. The summed E-state index contributed by atoms with van der Waals surface area (Å²) in [4.78, 5) is 11.6. The van der Waals surface area contributed by atoms with Gasteiger partial charge in [-0.1, -0.05) is 35.4 Å². The number of hydrogen-bond acceptors (Lipinski definition) is 10. The minimum atomic E-state index is -4.55. The number of alkyl halides is 4. The Balaban J connectivity index is 1.48. The molecule has 0 aliphatic carbocycles. The molecule has 3 heterocycles.